The molecule has 1 aromatic carbocycles. The second-order valence-electron chi connectivity index (χ2n) is 3.30. The first-order valence-electron chi connectivity index (χ1n) is 6.70. The molecule has 0 saturated carbocycles. The Labute approximate surface area is 121 Å². The molecule has 0 radical (unpaired) electrons. The number of carbonyl (C=O) groups excluding carboxylic acids is 1. The first kappa shape index (κ1) is 20.5. The number of amides is 1. The minimum absolute atomic E-state index is 0.0300. The molecule has 0 aromatic heterocycles. The number of halogens is 1. The average molecular weight is 287 g/mol. The van der Waals surface area contributed by atoms with Gasteiger partial charge in [-0.2, -0.15) is 4.39 Å². The van der Waals surface area contributed by atoms with E-state index in [-0.39, 0.29) is 17.4 Å². The van der Waals surface area contributed by atoms with Crippen LogP contribution in [0.25, 0.3) is 0 Å². The number of benzene rings is 1. The van der Waals surface area contributed by atoms with Crippen LogP contribution in [0.15, 0.2) is 6.07 Å². The lowest BCUT2D eigenvalue weighted by molar-refractivity contribution is -0.114. The Kier molecular flexibility index (Phi) is 11.4. The monoisotopic (exact) mass is 287 g/mol. The molecule has 0 aliphatic carbocycles. The number of nitrogens with one attached hydrogen (secondary N) is 1. The molecule has 0 heterocycles. The fourth-order valence-electron chi connectivity index (χ4n) is 1.47. The molecule has 0 fully saturated rings. The normalized spacial score (nSPS) is 8.45. The van der Waals surface area contributed by atoms with E-state index in [0.717, 1.165) is 0 Å². The lowest BCUT2D eigenvalue weighted by atomic mass is 10.1. The molecule has 4 nitrogen and oxygen atoms in total. The summed E-state index contributed by atoms with van der Waals surface area (Å²) in [4.78, 5) is 10.9. The molecule has 0 aliphatic rings. The van der Waals surface area contributed by atoms with Crippen molar-refractivity contribution in [1.29, 1.82) is 0 Å². The van der Waals surface area contributed by atoms with Crippen LogP contribution < -0.4 is 14.8 Å². The van der Waals surface area contributed by atoms with E-state index >= 15 is 0 Å². The van der Waals surface area contributed by atoms with Crippen molar-refractivity contribution in [2.75, 3.05) is 19.5 Å². The van der Waals surface area contributed by atoms with Crippen LogP contribution in [-0.2, 0) is 4.79 Å². The van der Waals surface area contributed by atoms with Crippen LogP contribution in [0.4, 0.5) is 10.1 Å². The van der Waals surface area contributed by atoms with E-state index in [0.29, 0.717) is 11.3 Å². The molecule has 0 atom stereocenters. The summed E-state index contributed by atoms with van der Waals surface area (Å²) in [5, 5.41) is 2.50. The van der Waals surface area contributed by atoms with Gasteiger partial charge in [0.25, 0.3) is 0 Å². The molecule has 0 unspecified atom stereocenters. The largest absolute Gasteiger partial charge is 0.493 e. The van der Waals surface area contributed by atoms with Gasteiger partial charge in [0.2, 0.25) is 11.7 Å². The standard InChI is InChI=1S/C11H14FNO3.2C2H6/c1-6-5-8(13-7(2)14)11(16-4)9(12)10(6)15-3;2*1-2/h5H,1-4H3,(H,13,14);2*1-2H3. The van der Waals surface area contributed by atoms with Gasteiger partial charge in [-0.05, 0) is 18.6 Å². The van der Waals surface area contributed by atoms with Gasteiger partial charge in [0.1, 0.15) is 0 Å². The van der Waals surface area contributed by atoms with E-state index in [1.165, 1.54) is 21.1 Å². The minimum Gasteiger partial charge on any atom is -0.493 e. The van der Waals surface area contributed by atoms with Gasteiger partial charge in [0.15, 0.2) is 11.5 Å². The predicted molar refractivity (Wildman–Crippen MR) is 81.2 cm³/mol. The molecule has 1 aromatic rings. The van der Waals surface area contributed by atoms with Gasteiger partial charge in [-0.3, -0.25) is 4.79 Å². The molecule has 5 heteroatoms. The summed E-state index contributed by atoms with van der Waals surface area (Å²) in [6.45, 7) is 11.0. The zero-order chi connectivity index (χ0) is 16.3. The summed E-state index contributed by atoms with van der Waals surface area (Å²) in [7, 11) is 2.71. The molecular weight excluding hydrogens is 261 g/mol. The number of hydrogen-bond acceptors (Lipinski definition) is 3. The maximum Gasteiger partial charge on any atom is 0.221 e. The highest BCUT2D eigenvalue weighted by molar-refractivity contribution is 5.90. The van der Waals surface area contributed by atoms with Gasteiger partial charge in [-0.1, -0.05) is 27.7 Å². The second-order valence-corrected chi connectivity index (χ2v) is 3.30. The van der Waals surface area contributed by atoms with E-state index in [1.807, 2.05) is 27.7 Å². The van der Waals surface area contributed by atoms with Gasteiger partial charge in [0.05, 0.1) is 19.9 Å². The average Bonchev–Trinajstić information content (AvgIpc) is 2.43. The maximum atomic E-state index is 13.8. The van der Waals surface area contributed by atoms with Crippen molar-refractivity contribution in [1.82, 2.24) is 0 Å². The maximum absolute atomic E-state index is 13.8. The number of hydrogen-bond donors (Lipinski definition) is 1. The SMILES string of the molecule is CC.CC.COc1c(C)cc(NC(C)=O)c(OC)c1F. The fourth-order valence-corrected chi connectivity index (χ4v) is 1.47. The van der Waals surface area contributed by atoms with Crippen LogP contribution in [0.5, 0.6) is 11.5 Å². The van der Waals surface area contributed by atoms with E-state index < -0.39 is 5.82 Å². The van der Waals surface area contributed by atoms with Crippen LogP contribution in [-0.4, -0.2) is 20.1 Å². The second kappa shape index (κ2) is 11.1. The Morgan fingerprint density at radius 2 is 1.55 bits per heavy atom. The minimum atomic E-state index is -0.617. The molecule has 116 valence electrons. The summed E-state index contributed by atoms with van der Waals surface area (Å²) < 4.78 is 23.7. The molecule has 20 heavy (non-hydrogen) atoms. The Balaban J connectivity index is 0. The lowest BCUT2D eigenvalue weighted by Gasteiger charge is -2.14. The van der Waals surface area contributed by atoms with Gasteiger partial charge in [-0.25, -0.2) is 0 Å². The molecule has 0 spiro atoms. The quantitative estimate of drug-likeness (QED) is 0.908. The van der Waals surface area contributed by atoms with E-state index in [1.54, 1.807) is 13.0 Å². The lowest BCUT2D eigenvalue weighted by Crippen LogP contribution is -2.09. The van der Waals surface area contributed by atoms with Crippen molar-refractivity contribution in [3.8, 4) is 11.5 Å². The smallest absolute Gasteiger partial charge is 0.221 e. The third kappa shape index (κ3) is 5.47. The topological polar surface area (TPSA) is 47.6 Å². The molecule has 1 rings (SSSR count). The molecule has 1 N–H and O–H groups in total. The molecular formula is C15H26FNO3. The van der Waals surface area contributed by atoms with Crippen molar-refractivity contribution in [3.05, 3.63) is 17.4 Å². The van der Waals surface area contributed by atoms with Crippen LogP contribution in [0.2, 0.25) is 0 Å². The first-order chi connectivity index (χ1) is 9.51. The van der Waals surface area contributed by atoms with Gasteiger partial charge in [-0.15, -0.1) is 0 Å². The molecule has 0 bridgehead atoms. The first-order valence-corrected chi connectivity index (χ1v) is 6.70. The summed E-state index contributed by atoms with van der Waals surface area (Å²) in [5.74, 6) is -0.820. The zero-order valence-electron chi connectivity index (χ0n) is 13.7. The third-order valence-corrected chi connectivity index (χ3v) is 2.08. The van der Waals surface area contributed by atoms with Crippen molar-refractivity contribution in [3.63, 3.8) is 0 Å². The highest BCUT2D eigenvalue weighted by Gasteiger charge is 2.18. The van der Waals surface area contributed by atoms with Crippen molar-refractivity contribution in [2.45, 2.75) is 41.5 Å². The Morgan fingerprint density at radius 1 is 1.10 bits per heavy atom. The van der Waals surface area contributed by atoms with Gasteiger partial charge >= 0.3 is 0 Å². The number of anilines is 1. The summed E-state index contributed by atoms with van der Waals surface area (Å²) in [5.41, 5.74) is 0.885. The van der Waals surface area contributed by atoms with Crippen molar-refractivity contribution < 1.29 is 18.7 Å². The summed E-state index contributed by atoms with van der Waals surface area (Å²) >= 11 is 0. The van der Waals surface area contributed by atoms with Crippen molar-refractivity contribution in [2.24, 2.45) is 0 Å². The van der Waals surface area contributed by atoms with E-state index in [2.05, 4.69) is 5.32 Å². The van der Waals surface area contributed by atoms with Crippen LogP contribution in [0.3, 0.4) is 0 Å². The van der Waals surface area contributed by atoms with Crippen LogP contribution >= 0.6 is 0 Å². The fraction of sp³-hybridized carbons (Fsp3) is 0.533. The Bertz CT molecular complexity index is 420. The summed E-state index contributed by atoms with van der Waals surface area (Å²) in [6.07, 6.45) is 0. The number of rotatable bonds is 3. The predicted octanol–water partition coefficient (Wildman–Crippen LogP) is 4.16. The van der Waals surface area contributed by atoms with Crippen LogP contribution in [0, 0.1) is 12.7 Å². The van der Waals surface area contributed by atoms with E-state index in [4.69, 9.17) is 9.47 Å². The third-order valence-electron chi connectivity index (χ3n) is 2.08. The van der Waals surface area contributed by atoms with Crippen molar-refractivity contribution >= 4 is 11.6 Å². The van der Waals surface area contributed by atoms with Gasteiger partial charge in [0, 0.05) is 6.92 Å². The summed E-state index contributed by atoms with van der Waals surface area (Å²) in [6, 6.07) is 1.60. The van der Waals surface area contributed by atoms with Gasteiger partial charge < -0.3 is 14.8 Å². The Morgan fingerprint density at radius 3 is 1.90 bits per heavy atom. The zero-order valence-corrected chi connectivity index (χ0v) is 13.7. The number of aryl methyl sites for hydroxylation is 1. The number of ether oxygens (including phenoxy) is 2. The molecule has 0 saturated heterocycles. The highest BCUT2D eigenvalue weighted by atomic mass is 19.1. The number of methoxy groups -OCH3 is 2. The molecule has 1 amide bonds. The number of carbonyl (C=O) groups is 1. The molecule has 0 aliphatic heterocycles. The van der Waals surface area contributed by atoms with E-state index in [9.17, 15) is 9.18 Å². The highest BCUT2D eigenvalue weighted by Crippen LogP contribution is 2.36. The Hall–Kier alpha value is -1.78. The van der Waals surface area contributed by atoms with Crippen LogP contribution in [0.1, 0.15) is 40.2 Å².